The van der Waals surface area contributed by atoms with Crippen LogP contribution in [0.4, 0.5) is 4.39 Å². The minimum atomic E-state index is -3.76. The van der Waals surface area contributed by atoms with Gasteiger partial charge in [-0.1, -0.05) is 25.1 Å². The lowest BCUT2D eigenvalue weighted by Gasteiger charge is -2.22. The summed E-state index contributed by atoms with van der Waals surface area (Å²) in [6.45, 7) is 2.49. The van der Waals surface area contributed by atoms with Crippen LogP contribution in [0.25, 0.3) is 11.1 Å². The Labute approximate surface area is 209 Å². The van der Waals surface area contributed by atoms with Crippen LogP contribution >= 0.6 is 0 Å². The molecule has 0 radical (unpaired) electrons. The normalized spacial score (nSPS) is 13.4. The van der Waals surface area contributed by atoms with Gasteiger partial charge in [-0.3, -0.25) is 9.59 Å². The van der Waals surface area contributed by atoms with E-state index < -0.39 is 20.5 Å². The molecule has 0 aliphatic carbocycles. The molecule has 1 aliphatic heterocycles. The molecule has 9 heteroatoms. The topological polar surface area (TPSA) is 92.8 Å². The zero-order chi connectivity index (χ0) is 26.0. The van der Waals surface area contributed by atoms with Crippen molar-refractivity contribution >= 4 is 21.7 Å². The summed E-state index contributed by atoms with van der Waals surface area (Å²) in [7, 11) is -2.18. The average molecular weight is 511 g/mol. The minimum Gasteiger partial charge on any atom is -0.491 e. The van der Waals surface area contributed by atoms with Gasteiger partial charge >= 0.3 is 0 Å². The van der Waals surface area contributed by atoms with Gasteiger partial charge in [-0.05, 0) is 53.9 Å². The van der Waals surface area contributed by atoms with Crippen molar-refractivity contribution in [1.29, 1.82) is 0 Å². The first-order valence-electron chi connectivity index (χ1n) is 11.5. The number of rotatable bonds is 5. The summed E-state index contributed by atoms with van der Waals surface area (Å²) >= 11 is 0. The molecule has 0 bridgehead atoms. The van der Waals surface area contributed by atoms with Crippen LogP contribution in [0.2, 0.25) is 0 Å². The molecule has 0 unspecified atom stereocenters. The second-order valence-electron chi connectivity index (χ2n) is 8.58. The maximum Gasteiger partial charge on any atom is 0.254 e. The standard InChI is InChI=1S/C27H27FN2O5S/c1-4-21-22(10-12-24(25(21)28)36(3,33)34)27(32)30-13-14-35-23-11-9-19(15-20(23)16-30)17-5-7-18(8-6-17)26(31)29-2/h5-12,15H,4,13-14,16H2,1-3H3,(H,29,31). The molecular weight excluding hydrogens is 483 g/mol. The van der Waals surface area contributed by atoms with Crippen molar-refractivity contribution in [2.24, 2.45) is 0 Å². The van der Waals surface area contributed by atoms with Crippen LogP contribution in [-0.4, -0.2) is 51.6 Å². The van der Waals surface area contributed by atoms with E-state index in [0.29, 0.717) is 17.9 Å². The monoisotopic (exact) mass is 510 g/mol. The van der Waals surface area contributed by atoms with Crippen molar-refractivity contribution in [2.45, 2.75) is 24.8 Å². The lowest BCUT2D eigenvalue weighted by molar-refractivity contribution is 0.0731. The van der Waals surface area contributed by atoms with E-state index in [4.69, 9.17) is 4.74 Å². The van der Waals surface area contributed by atoms with Gasteiger partial charge in [0.2, 0.25) is 0 Å². The van der Waals surface area contributed by atoms with Crippen molar-refractivity contribution in [3.05, 3.63) is 82.7 Å². The number of benzene rings is 3. The highest BCUT2D eigenvalue weighted by Crippen LogP contribution is 2.31. The summed E-state index contributed by atoms with van der Waals surface area (Å²) in [5, 5.41) is 2.59. The van der Waals surface area contributed by atoms with E-state index >= 15 is 4.39 Å². The summed E-state index contributed by atoms with van der Waals surface area (Å²) in [5.74, 6) is -0.772. The Balaban J connectivity index is 1.65. The number of amides is 2. The maximum atomic E-state index is 15.0. The van der Waals surface area contributed by atoms with Crippen LogP contribution in [0.3, 0.4) is 0 Å². The second kappa shape index (κ2) is 10.1. The van der Waals surface area contributed by atoms with Crippen LogP contribution < -0.4 is 10.1 Å². The van der Waals surface area contributed by atoms with E-state index in [1.165, 1.54) is 6.07 Å². The van der Waals surface area contributed by atoms with Crippen molar-refractivity contribution in [3.8, 4) is 16.9 Å². The fourth-order valence-corrected chi connectivity index (χ4v) is 5.07. The van der Waals surface area contributed by atoms with Crippen molar-refractivity contribution < 1.29 is 27.1 Å². The molecule has 4 rings (SSSR count). The average Bonchev–Trinajstić information content (AvgIpc) is 3.09. The summed E-state index contributed by atoms with van der Waals surface area (Å²) < 4.78 is 44.7. The SMILES string of the molecule is CCc1c(C(=O)N2CCOc3ccc(-c4ccc(C(=O)NC)cc4)cc3C2)ccc(S(C)(=O)=O)c1F. The fourth-order valence-electron chi connectivity index (χ4n) is 4.31. The van der Waals surface area contributed by atoms with E-state index in [2.05, 4.69) is 5.32 Å². The van der Waals surface area contributed by atoms with Crippen LogP contribution in [0.15, 0.2) is 59.5 Å². The molecule has 0 atom stereocenters. The van der Waals surface area contributed by atoms with Gasteiger partial charge in [0, 0.05) is 42.1 Å². The number of fused-ring (bicyclic) bond motifs is 1. The number of carbonyl (C=O) groups is 2. The van der Waals surface area contributed by atoms with Crippen molar-refractivity contribution in [3.63, 3.8) is 0 Å². The van der Waals surface area contributed by atoms with Crippen LogP contribution in [0, 0.1) is 5.82 Å². The lowest BCUT2D eigenvalue weighted by atomic mass is 10.00. The van der Waals surface area contributed by atoms with E-state index in [0.717, 1.165) is 29.0 Å². The summed E-state index contributed by atoms with van der Waals surface area (Å²) in [4.78, 5) is 26.5. The molecule has 0 spiro atoms. The number of nitrogens with one attached hydrogen (secondary N) is 1. The third kappa shape index (κ3) is 4.97. The fraction of sp³-hybridized carbons (Fsp3) is 0.259. The minimum absolute atomic E-state index is 0.0817. The molecule has 0 fully saturated rings. The number of carbonyl (C=O) groups excluding carboxylic acids is 2. The van der Waals surface area contributed by atoms with Crippen LogP contribution in [0.5, 0.6) is 5.75 Å². The zero-order valence-electron chi connectivity index (χ0n) is 20.3. The van der Waals surface area contributed by atoms with Crippen LogP contribution in [-0.2, 0) is 22.8 Å². The van der Waals surface area contributed by atoms with Gasteiger partial charge in [0.15, 0.2) is 9.84 Å². The Morgan fingerprint density at radius 3 is 2.39 bits per heavy atom. The molecule has 0 aromatic heterocycles. The smallest absolute Gasteiger partial charge is 0.254 e. The van der Waals surface area contributed by atoms with Gasteiger partial charge in [-0.15, -0.1) is 0 Å². The first kappa shape index (κ1) is 25.4. The maximum absolute atomic E-state index is 15.0. The van der Waals surface area contributed by atoms with Crippen molar-refractivity contribution in [1.82, 2.24) is 10.2 Å². The Kier molecular flexibility index (Phi) is 7.12. The quantitative estimate of drug-likeness (QED) is 0.563. The van der Waals surface area contributed by atoms with Gasteiger partial charge in [-0.2, -0.15) is 0 Å². The van der Waals surface area contributed by atoms with Crippen LogP contribution in [0.1, 0.15) is 38.8 Å². The molecule has 1 aliphatic rings. The first-order chi connectivity index (χ1) is 17.1. The molecular formula is C27H27FN2O5S. The largest absolute Gasteiger partial charge is 0.491 e. The lowest BCUT2D eigenvalue weighted by Crippen LogP contribution is -2.33. The summed E-state index contributed by atoms with van der Waals surface area (Å²) in [6, 6.07) is 15.4. The third-order valence-electron chi connectivity index (χ3n) is 6.23. The molecule has 3 aromatic carbocycles. The molecule has 7 nitrogen and oxygen atoms in total. The number of hydrogen-bond acceptors (Lipinski definition) is 5. The van der Waals surface area contributed by atoms with Gasteiger partial charge in [0.1, 0.15) is 23.1 Å². The number of sulfone groups is 1. The molecule has 1 N–H and O–H groups in total. The third-order valence-corrected chi connectivity index (χ3v) is 7.34. The summed E-state index contributed by atoms with van der Waals surface area (Å²) in [6.07, 6.45) is 1.12. The Morgan fingerprint density at radius 2 is 1.75 bits per heavy atom. The molecule has 3 aromatic rings. The predicted molar refractivity (Wildman–Crippen MR) is 134 cm³/mol. The molecule has 36 heavy (non-hydrogen) atoms. The summed E-state index contributed by atoms with van der Waals surface area (Å²) in [5.41, 5.74) is 3.37. The highest BCUT2D eigenvalue weighted by atomic mass is 32.2. The first-order valence-corrected chi connectivity index (χ1v) is 13.4. The van der Waals surface area contributed by atoms with Gasteiger partial charge < -0.3 is 15.0 Å². The Morgan fingerprint density at radius 1 is 1.06 bits per heavy atom. The predicted octanol–water partition coefficient (Wildman–Crippen LogP) is 3.85. The van der Waals surface area contributed by atoms with E-state index in [1.54, 1.807) is 31.0 Å². The molecule has 0 saturated carbocycles. The second-order valence-corrected chi connectivity index (χ2v) is 10.6. The van der Waals surface area contributed by atoms with E-state index in [9.17, 15) is 18.0 Å². The molecule has 1 heterocycles. The van der Waals surface area contributed by atoms with Gasteiger partial charge in [-0.25, -0.2) is 12.8 Å². The van der Waals surface area contributed by atoms with Crippen molar-refractivity contribution in [2.75, 3.05) is 26.5 Å². The number of halogens is 1. The molecule has 2 amide bonds. The number of ether oxygens (including phenoxy) is 1. The molecule has 188 valence electrons. The zero-order valence-corrected chi connectivity index (χ0v) is 21.1. The van der Waals surface area contributed by atoms with E-state index in [1.807, 2.05) is 30.3 Å². The highest BCUT2D eigenvalue weighted by Gasteiger charge is 2.27. The number of hydrogen-bond donors (Lipinski definition) is 1. The Hall–Kier alpha value is -3.72. The highest BCUT2D eigenvalue weighted by molar-refractivity contribution is 7.90. The van der Waals surface area contributed by atoms with Gasteiger partial charge in [0.25, 0.3) is 11.8 Å². The molecule has 0 saturated heterocycles. The Bertz CT molecular complexity index is 1440. The van der Waals surface area contributed by atoms with Gasteiger partial charge in [0.05, 0.1) is 6.54 Å². The van der Waals surface area contributed by atoms with E-state index in [-0.39, 0.29) is 42.5 Å². The number of nitrogens with zero attached hydrogens (tertiary/aromatic N) is 1.